The predicted octanol–water partition coefficient (Wildman–Crippen LogP) is 2.35. The number of methoxy groups -OCH3 is 1. The van der Waals surface area contributed by atoms with Crippen LogP contribution >= 0.6 is 23.1 Å². The van der Waals surface area contributed by atoms with Crippen molar-refractivity contribution >= 4 is 46.0 Å². The minimum atomic E-state index is -1.21. The fraction of sp³-hybridized carbons (Fsp3) is 0.222. The van der Waals surface area contributed by atoms with Crippen molar-refractivity contribution in [1.82, 2.24) is 15.0 Å². The summed E-state index contributed by atoms with van der Waals surface area (Å²) in [6.07, 6.45) is 0.100. The number of carbonyl (C=O) groups is 2. The molecular weight excluding hydrogens is 398 g/mol. The second kappa shape index (κ2) is 8.33. The van der Waals surface area contributed by atoms with Gasteiger partial charge >= 0.3 is 5.97 Å². The Kier molecular flexibility index (Phi) is 5.87. The van der Waals surface area contributed by atoms with Crippen LogP contribution in [0, 0.1) is 18.3 Å². The van der Waals surface area contributed by atoms with Gasteiger partial charge in [-0.2, -0.15) is 5.26 Å². The number of nitrogens with zero attached hydrogens (tertiary/aromatic N) is 4. The van der Waals surface area contributed by atoms with Gasteiger partial charge in [-0.25, -0.2) is 15.0 Å². The SMILES string of the molecule is COC(=O)C(C#N)c1nc2ccccc2nc1Sc1nc(C)c(CC(N)=O)s1. The first-order chi connectivity index (χ1) is 13.4. The maximum atomic E-state index is 12.1. The highest BCUT2D eigenvalue weighted by Crippen LogP contribution is 2.36. The molecule has 0 aliphatic heterocycles. The van der Waals surface area contributed by atoms with Crippen LogP contribution in [-0.4, -0.2) is 33.9 Å². The Balaban J connectivity index is 2.08. The van der Waals surface area contributed by atoms with Gasteiger partial charge in [0.2, 0.25) is 5.91 Å². The Labute approximate surface area is 168 Å². The second-order valence-electron chi connectivity index (χ2n) is 5.72. The summed E-state index contributed by atoms with van der Waals surface area (Å²) < 4.78 is 5.35. The van der Waals surface area contributed by atoms with Crippen molar-refractivity contribution in [3.05, 3.63) is 40.5 Å². The summed E-state index contributed by atoms with van der Waals surface area (Å²) in [4.78, 5) is 37.5. The standard InChI is InChI=1S/C18H15N5O3S2/c1-9-13(7-14(20)24)27-18(21-9)28-16-15(10(8-19)17(25)26-2)22-11-5-3-4-6-12(11)23-16/h3-6,10H,7H2,1-2H3,(H2,20,24). The summed E-state index contributed by atoms with van der Waals surface area (Å²) in [5.74, 6) is -2.36. The van der Waals surface area contributed by atoms with Crippen molar-refractivity contribution in [3.63, 3.8) is 0 Å². The van der Waals surface area contributed by atoms with Crippen LogP contribution in [0.3, 0.4) is 0 Å². The highest BCUT2D eigenvalue weighted by molar-refractivity contribution is 8.01. The zero-order valence-electron chi connectivity index (χ0n) is 15.0. The molecular formula is C18H15N5O3S2. The molecule has 3 rings (SSSR count). The molecule has 0 aliphatic carbocycles. The summed E-state index contributed by atoms with van der Waals surface area (Å²) in [7, 11) is 1.22. The minimum Gasteiger partial charge on any atom is -0.468 e. The zero-order valence-corrected chi connectivity index (χ0v) is 16.6. The van der Waals surface area contributed by atoms with Crippen molar-refractivity contribution in [1.29, 1.82) is 5.26 Å². The number of fused-ring (bicyclic) bond motifs is 1. The Hall–Kier alpha value is -3.03. The molecule has 2 N–H and O–H groups in total. The van der Waals surface area contributed by atoms with Crippen molar-refractivity contribution in [2.45, 2.75) is 28.6 Å². The molecule has 1 amide bonds. The molecule has 2 heterocycles. The van der Waals surface area contributed by atoms with Gasteiger partial charge in [-0.1, -0.05) is 12.1 Å². The molecule has 0 bridgehead atoms. The number of rotatable bonds is 6. The zero-order chi connectivity index (χ0) is 20.3. The van der Waals surface area contributed by atoms with Crippen LogP contribution in [-0.2, 0) is 20.7 Å². The summed E-state index contributed by atoms with van der Waals surface area (Å²) >= 11 is 2.50. The molecule has 28 heavy (non-hydrogen) atoms. The van der Waals surface area contributed by atoms with E-state index in [9.17, 15) is 14.9 Å². The molecule has 0 saturated carbocycles. The average Bonchev–Trinajstić information content (AvgIpc) is 3.00. The largest absolute Gasteiger partial charge is 0.468 e. The van der Waals surface area contributed by atoms with E-state index >= 15 is 0 Å². The minimum absolute atomic E-state index is 0.100. The Bertz CT molecular complexity index is 1110. The predicted molar refractivity (Wildman–Crippen MR) is 104 cm³/mol. The molecule has 0 aliphatic rings. The normalized spacial score (nSPS) is 11.8. The number of esters is 1. The van der Waals surface area contributed by atoms with Crippen molar-refractivity contribution in [2.75, 3.05) is 7.11 Å². The molecule has 3 aromatic rings. The number of para-hydroxylation sites is 2. The number of benzene rings is 1. The van der Waals surface area contributed by atoms with E-state index in [2.05, 4.69) is 15.0 Å². The van der Waals surface area contributed by atoms with E-state index in [1.54, 1.807) is 25.1 Å². The van der Waals surface area contributed by atoms with E-state index in [-0.39, 0.29) is 12.1 Å². The van der Waals surface area contributed by atoms with Crippen LogP contribution in [0.5, 0.6) is 0 Å². The maximum Gasteiger partial charge on any atom is 0.329 e. The van der Waals surface area contributed by atoms with Crippen LogP contribution in [0.15, 0.2) is 33.6 Å². The molecule has 0 spiro atoms. The fourth-order valence-electron chi connectivity index (χ4n) is 2.45. The molecule has 10 heteroatoms. The van der Waals surface area contributed by atoms with Gasteiger partial charge in [0.05, 0.1) is 36.3 Å². The van der Waals surface area contributed by atoms with Gasteiger partial charge in [-0.15, -0.1) is 11.3 Å². The molecule has 142 valence electrons. The van der Waals surface area contributed by atoms with Gasteiger partial charge in [0, 0.05) is 4.88 Å². The third-order valence-corrected chi connectivity index (χ3v) is 6.01. The highest BCUT2D eigenvalue weighted by Gasteiger charge is 2.28. The Morgan fingerprint density at radius 3 is 2.57 bits per heavy atom. The Morgan fingerprint density at radius 1 is 1.29 bits per heavy atom. The second-order valence-corrected chi connectivity index (χ2v) is 8.04. The number of aromatic nitrogens is 3. The van der Waals surface area contributed by atoms with Crippen LogP contribution < -0.4 is 5.73 Å². The molecule has 1 unspecified atom stereocenters. The number of carbonyl (C=O) groups excluding carboxylic acids is 2. The summed E-state index contributed by atoms with van der Waals surface area (Å²) in [5.41, 5.74) is 7.37. The van der Waals surface area contributed by atoms with Crippen molar-refractivity contribution in [3.8, 4) is 6.07 Å². The lowest BCUT2D eigenvalue weighted by atomic mass is 10.1. The summed E-state index contributed by atoms with van der Waals surface area (Å²) in [5, 5.41) is 9.88. The number of ether oxygens (including phenoxy) is 1. The van der Waals surface area contributed by atoms with Gasteiger partial charge < -0.3 is 10.5 Å². The molecule has 8 nitrogen and oxygen atoms in total. The number of aryl methyl sites for hydroxylation is 1. The van der Waals surface area contributed by atoms with Crippen LogP contribution in [0.2, 0.25) is 0 Å². The Morgan fingerprint density at radius 2 is 1.96 bits per heavy atom. The maximum absolute atomic E-state index is 12.1. The number of hydrogen-bond donors (Lipinski definition) is 1. The molecule has 0 saturated heterocycles. The third kappa shape index (κ3) is 4.11. The van der Waals surface area contributed by atoms with Gasteiger partial charge in [-0.3, -0.25) is 9.59 Å². The first kappa shape index (κ1) is 19.7. The van der Waals surface area contributed by atoms with E-state index in [4.69, 9.17) is 10.5 Å². The molecule has 1 aromatic carbocycles. The lowest BCUT2D eigenvalue weighted by molar-refractivity contribution is -0.141. The highest BCUT2D eigenvalue weighted by atomic mass is 32.2. The first-order valence-corrected chi connectivity index (χ1v) is 9.72. The molecule has 0 fully saturated rings. The lowest BCUT2D eigenvalue weighted by Crippen LogP contribution is -2.15. The topological polar surface area (TPSA) is 132 Å². The van der Waals surface area contributed by atoms with E-state index in [1.807, 2.05) is 12.1 Å². The van der Waals surface area contributed by atoms with Gasteiger partial charge in [0.1, 0.15) is 10.7 Å². The smallest absolute Gasteiger partial charge is 0.329 e. The molecule has 0 radical (unpaired) electrons. The quantitative estimate of drug-likeness (QED) is 0.609. The van der Waals surface area contributed by atoms with E-state index in [0.717, 1.165) is 4.88 Å². The summed E-state index contributed by atoms with van der Waals surface area (Å²) in [6.45, 7) is 1.79. The number of thiazole rings is 1. The fourth-order valence-corrected chi connectivity index (χ4v) is 4.72. The monoisotopic (exact) mass is 413 g/mol. The van der Waals surface area contributed by atoms with Gasteiger partial charge in [-0.05, 0) is 30.8 Å². The summed E-state index contributed by atoms with van der Waals surface area (Å²) in [6, 6.07) is 9.11. The molecule has 2 aromatic heterocycles. The number of amides is 1. The van der Waals surface area contributed by atoms with Crippen LogP contribution in [0.25, 0.3) is 11.0 Å². The molecule has 1 atom stereocenters. The van der Waals surface area contributed by atoms with Crippen LogP contribution in [0.4, 0.5) is 0 Å². The number of nitrogens with two attached hydrogens (primary N) is 1. The first-order valence-electron chi connectivity index (χ1n) is 8.09. The average molecular weight is 413 g/mol. The number of hydrogen-bond acceptors (Lipinski definition) is 9. The third-order valence-electron chi connectivity index (χ3n) is 3.79. The van der Waals surface area contributed by atoms with E-state index in [1.165, 1.54) is 30.2 Å². The van der Waals surface area contributed by atoms with Crippen LogP contribution in [0.1, 0.15) is 22.2 Å². The van der Waals surface area contributed by atoms with Crippen molar-refractivity contribution in [2.24, 2.45) is 5.73 Å². The van der Waals surface area contributed by atoms with E-state index in [0.29, 0.717) is 26.1 Å². The van der Waals surface area contributed by atoms with E-state index < -0.39 is 17.8 Å². The number of primary amides is 1. The van der Waals surface area contributed by atoms with Gasteiger partial charge in [0.15, 0.2) is 10.3 Å². The number of nitriles is 1. The van der Waals surface area contributed by atoms with Gasteiger partial charge in [0.25, 0.3) is 0 Å². The lowest BCUT2D eigenvalue weighted by Gasteiger charge is -2.11. The van der Waals surface area contributed by atoms with Crippen molar-refractivity contribution < 1.29 is 14.3 Å².